The smallest absolute Gasteiger partial charge is 0.311 e. The van der Waals surface area contributed by atoms with Crippen molar-refractivity contribution in [2.45, 2.75) is 0 Å². The zero-order valence-corrected chi connectivity index (χ0v) is 14.1. The third-order valence-electron chi connectivity index (χ3n) is 4.32. The number of nitro groups is 1. The topological polar surface area (TPSA) is 86.0 Å². The van der Waals surface area contributed by atoms with Crippen molar-refractivity contribution in [1.82, 2.24) is 0 Å². The van der Waals surface area contributed by atoms with Gasteiger partial charge in [0, 0.05) is 23.2 Å². The van der Waals surface area contributed by atoms with Gasteiger partial charge in [-0.05, 0) is 17.5 Å². The zero-order valence-electron chi connectivity index (χ0n) is 14.1. The molecule has 0 aromatic heterocycles. The van der Waals surface area contributed by atoms with Gasteiger partial charge in [0.05, 0.1) is 30.4 Å². The van der Waals surface area contributed by atoms with Crippen LogP contribution in [0.3, 0.4) is 0 Å². The summed E-state index contributed by atoms with van der Waals surface area (Å²) in [5.74, 6) is 1.05. The number of rotatable bonds is 4. The highest BCUT2D eigenvalue weighted by molar-refractivity contribution is 6.20. The number of nitrogens with zero attached hydrogens (tertiary/aromatic N) is 2. The molecule has 7 nitrogen and oxygen atoms in total. The number of amidine groups is 1. The molecular formula is C19H15N3O4. The van der Waals surface area contributed by atoms with E-state index in [1.54, 1.807) is 0 Å². The monoisotopic (exact) mass is 349 g/mol. The number of methoxy groups -OCH3 is 2. The maximum absolute atomic E-state index is 11.4. The summed E-state index contributed by atoms with van der Waals surface area (Å²) < 4.78 is 10.5. The summed E-state index contributed by atoms with van der Waals surface area (Å²) in [4.78, 5) is 15.6. The second-order valence-electron chi connectivity index (χ2n) is 5.75. The number of anilines is 1. The number of hydrogen-bond acceptors (Lipinski definition) is 6. The van der Waals surface area contributed by atoms with Crippen molar-refractivity contribution in [3.05, 3.63) is 64.2 Å². The molecule has 4 rings (SSSR count). The van der Waals surface area contributed by atoms with Gasteiger partial charge < -0.3 is 14.8 Å². The van der Waals surface area contributed by atoms with Crippen LogP contribution in [0.15, 0.2) is 53.5 Å². The second-order valence-corrected chi connectivity index (χ2v) is 5.75. The van der Waals surface area contributed by atoms with Crippen molar-refractivity contribution >= 4 is 33.7 Å². The van der Waals surface area contributed by atoms with Gasteiger partial charge in [-0.3, -0.25) is 10.1 Å². The number of benzene rings is 3. The summed E-state index contributed by atoms with van der Waals surface area (Å²) in [5.41, 5.74) is 2.03. The molecule has 1 aliphatic heterocycles. The molecule has 1 N–H and O–H groups in total. The van der Waals surface area contributed by atoms with Crippen LogP contribution in [0.4, 0.5) is 17.1 Å². The van der Waals surface area contributed by atoms with E-state index in [-0.39, 0.29) is 11.4 Å². The average Bonchev–Trinajstić information content (AvgIpc) is 2.67. The van der Waals surface area contributed by atoms with Gasteiger partial charge in [-0.25, -0.2) is 4.99 Å². The molecule has 0 saturated heterocycles. The largest absolute Gasteiger partial charge is 0.496 e. The predicted octanol–water partition coefficient (Wildman–Crippen LogP) is 4.27. The molecule has 0 saturated carbocycles. The standard InChI is InChI=1S/C19H15N3O4/c1-25-16-10-17(26-2)15(22(23)24)9-12(16)19-20-13-7-3-5-11-6-4-8-14(21-19)18(11)13/h3-10H,1-2H3,(H,20,21). The Labute approximate surface area is 149 Å². The predicted molar refractivity (Wildman–Crippen MR) is 100.0 cm³/mol. The third-order valence-corrected chi connectivity index (χ3v) is 4.32. The van der Waals surface area contributed by atoms with Crippen molar-refractivity contribution in [2.75, 3.05) is 19.5 Å². The summed E-state index contributed by atoms with van der Waals surface area (Å²) >= 11 is 0. The molecule has 0 unspecified atom stereocenters. The summed E-state index contributed by atoms with van der Waals surface area (Å²) in [7, 11) is 2.89. The van der Waals surface area contributed by atoms with Crippen LogP contribution in [0.2, 0.25) is 0 Å². The average molecular weight is 349 g/mol. The molecule has 1 heterocycles. The number of nitro benzene ring substituents is 1. The first-order valence-electron chi connectivity index (χ1n) is 7.90. The molecule has 0 radical (unpaired) electrons. The van der Waals surface area contributed by atoms with Gasteiger partial charge in [0.15, 0.2) is 0 Å². The van der Waals surface area contributed by atoms with Gasteiger partial charge in [0.2, 0.25) is 5.75 Å². The van der Waals surface area contributed by atoms with Gasteiger partial charge in [-0.15, -0.1) is 0 Å². The van der Waals surface area contributed by atoms with Crippen molar-refractivity contribution in [3.8, 4) is 11.5 Å². The van der Waals surface area contributed by atoms with Gasteiger partial charge in [-0.2, -0.15) is 0 Å². The Morgan fingerprint density at radius 2 is 1.77 bits per heavy atom. The van der Waals surface area contributed by atoms with Crippen LogP contribution in [0.5, 0.6) is 11.5 Å². The molecular weight excluding hydrogens is 334 g/mol. The Morgan fingerprint density at radius 3 is 2.46 bits per heavy atom. The molecule has 3 aromatic carbocycles. The fourth-order valence-electron chi connectivity index (χ4n) is 3.13. The maximum atomic E-state index is 11.4. The summed E-state index contributed by atoms with van der Waals surface area (Å²) in [5, 5.41) is 16.7. The van der Waals surface area contributed by atoms with Gasteiger partial charge in [0.1, 0.15) is 11.6 Å². The Balaban J connectivity index is 1.93. The summed E-state index contributed by atoms with van der Waals surface area (Å²) in [6, 6.07) is 14.7. The molecule has 3 aromatic rings. The Bertz CT molecular complexity index is 1070. The van der Waals surface area contributed by atoms with Crippen LogP contribution in [0, 0.1) is 10.1 Å². The van der Waals surface area contributed by atoms with E-state index < -0.39 is 4.92 Å². The van der Waals surface area contributed by atoms with Crippen molar-refractivity contribution < 1.29 is 14.4 Å². The molecule has 26 heavy (non-hydrogen) atoms. The fourth-order valence-corrected chi connectivity index (χ4v) is 3.13. The number of ether oxygens (including phenoxy) is 2. The normalized spacial score (nSPS) is 12.3. The summed E-state index contributed by atoms with van der Waals surface area (Å²) in [6.45, 7) is 0. The first kappa shape index (κ1) is 15.9. The van der Waals surface area contributed by atoms with E-state index in [2.05, 4.69) is 10.3 Å². The second kappa shape index (κ2) is 6.03. The minimum Gasteiger partial charge on any atom is -0.496 e. The molecule has 0 atom stereocenters. The number of aliphatic imine (C=N–C) groups is 1. The van der Waals surface area contributed by atoms with Gasteiger partial charge in [0.25, 0.3) is 0 Å². The summed E-state index contributed by atoms with van der Waals surface area (Å²) in [6.07, 6.45) is 0. The lowest BCUT2D eigenvalue weighted by Gasteiger charge is -2.20. The Morgan fingerprint density at radius 1 is 1.04 bits per heavy atom. The van der Waals surface area contributed by atoms with Crippen LogP contribution in [-0.4, -0.2) is 25.0 Å². The molecule has 0 amide bonds. The molecule has 0 aliphatic carbocycles. The highest BCUT2D eigenvalue weighted by Crippen LogP contribution is 2.40. The maximum Gasteiger partial charge on any atom is 0.311 e. The van der Waals surface area contributed by atoms with E-state index in [4.69, 9.17) is 9.47 Å². The zero-order chi connectivity index (χ0) is 18.3. The number of nitrogens with one attached hydrogen (secondary N) is 1. The van der Waals surface area contributed by atoms with Crippen molar-refractivity contribution in [3.63, 3.8) is 0 Å². The lowest BCUT2D eigenvalue weighted by Crippen LogP contribution is -2.17. The molecule has 0 fully saturated rings. The lowest BCUT2D eigenvalue weighted by molar-refractivity contribution is -0.385. The highest BCUT2D eigenvalue weighted by atomic mass is 16.6. The van der Waals surface area contributed by atoms with Gasteiger partial charge in [-0.1, -0.05) is 24.3 Å². The van der Waals surface area contributed by atoms with E-state index in [1.165, 1.54) is 26.4 Å². The Kier molecular flexibility index (Phi) is 3.69. The van der Waals surface area contributed by atoms with E-state index in [9.17, 15) is 10.1 Å². The van der Waals surface area contributed by atoms with Gasteiger partial charge >= 0.3 is 5.69 Å². The number of hydrogen-bond donors (Lipinski definition) is 1. The van der Waals surface area contributed by atoms with Crippen molar-refractivity contribution in [2.24, 2.45) is 4.99 Å². The molecule has 0 spiro atoms. The highest BCUT2D eigenvalue weighted by Gasteiger charge is 2.24. The third kappa shape index (κ3) is 2.41. The molecule has 1 aliphatic rings. The van der Waals surface area contributed by atoms with Crippen LogP contribution < -0.4 is 14.8 Å². The Hall–Kier alpha value is -3.61. The van der Waals surface area contributed by atoms with Crippen LogP contribution >= 0.6 is 0 Å². The first-order chi connectivity index (χ1) is 12.6. The molecule has 7 heteroatoms. The fraction of sp³-hybridized carbons (Fsp3) is 0.105. The SMILES string of the molecule is COc1cc(OC)c([N+](=O)[O-])cc1C1=Nc2cccc3cccc(c23)N1. The lowest BCUT2D eigenvalue weighted by atomic mass is 10.0. The quantitative estimate of drug-likeness (QED) is 0.561. The molecule has 0 bridgehead atoms. The first-order valence-corrected chi connectivity index (χ1v) is 7.90. The van der Waals surface area contributed by atoms with E-state index >= 15 is 0 Å². The van der Waals surface area contributed by atoms with Crippen LogP contribution in [-0.2, 0) is 0 Å². The van der Waals surface area contributed by atoms with E-state index in [1.807, 2.05) is 36.4 Å². The molecule has 130 valence electrons. The minimum atomic E-state index is -0.486. The van der Waals surface area contributed by atoms with E-state index in [0.29, 0.717) is 17.1 Å². The minimum absolute atomic E-state index is 0.134. The van der Waals surface area contributed by atoms with Crippen LogP contribution in [0.1, 0.15) is 5.56 Å². The van der Waals surface area contributed by atoms with Crippen LogP contribution in [0.25, 0.3) is 10.8 Å². The van der Waals surface area contributed by atoms with Crippen molar-refractivity contribution in [1.29, 1.82) is 0 Å². The van der Waals surface area contributed by atoms with E-state index in [0.717, 1.165) is 22.1 Å².